The summed E-state index contributed by atoms with van der Waals surface area (Å²) in [6, 6.07) is 7.62. The van der Waals surface area contributed by atoms with Gasteiger partial charge in [0.15, 0.2) is 0 Å². The first kappa shape index (κ1) is 29.8. The smallest absolute Gasteiger partial charge is 0.133 e. The molecule has 35 heavy (non-hydrogen) atoms. The van der Waals surface area contributed by atoms with Gasteiger partial charge in [-0.3, -0.25) is 4.79 Å². The van der Waals surface area contributed by atoms with Crippen molar-refractivity contribution in [1.29, 1.82) is 0 Å². The van der Waals surface area contributed by atoms with E-state index in [0.717, 1.165) is 63.0 Å². The van der Waals surface area contributed by atoms with Crippen LogP contribution in [0, 0.1) is 5.92 Å². The second kappa shape index (κ2) is 16.3. The SMILES string of the molecule is C.CCCCOc1ccc([C@@H](O)[C@H](CC(=O)CCCCCOC2CCC2)CN2CC[C@H](O)C2)cc1. The molecule has 6 nitrogen and oxygen atoms in total. The molecule has 0 amide bonds. The van der Waals surface area contributed by atoms with Crippen LogP contribution in [0.2, 0.25) is 0 Å². The second-order valence-electron chi connectivity index (χ2n) is 10.2. The number of likely N-dealkylation sites (tertiary alicyclic amines) is 1. The van der Waals surface area contributed by atoms with Crippen molar-refractivity contribution in [3.63, 3.8) is 0 Å². The molecule has 1 aromatic rings. The first-order valence-electron chi connectivity index (χ1n) is 13.5. The van der Waals surface area contributed by atoms with Crippen molar-refractivity contribution in [1.82, 2.24) is 4.90 Å². The number of ether oxygens (including phenoxy) is 2. The molecule has 0 radical (unpaired) electrons. The number of benzene rings is 1. The van der Waals surface area contributed by atoms with Crippen LogP contribution in [0.25, 0.3) is 0 Å². The van der Waals surface area contributed by atoms with E-state index in [2.05, 4.69) is 11.8 Å². The monoisotopic (exact) mass is 491 g/mol. The molecule has 3 rings (SSSR count). The minimum atomic E-state index is -0.720. The maximum Gasteiger partial charge on any atom is 0.133 e. The van der Waals surface area contributed by atoms with Crippen molar-refractivity contribution in [3.05, 3.63) is 29.8 Å². The number of carbonyl (C=O) groups excluding carboxylic acids is 1. The Hall–Kier alpha value is -1.47. The fourth-order valence-electron chi connectivity index (χ4n) is 4.74. The number of carbonyl (C=O) groups is 1. The Labute approximate surface area is 213 Å². The van der Waals surface area contributed by atoms with Gasteiger partial charge in [0.25, 0.3) is 0 Å². The van der Waals surface area contributed by atoms with E-state index in [-0.39, 0.29) is 25.2 Å². The van der Waals surface area contributed by atoms with E-state index in [1.165, 1.54) is 19.3 Å². The lowest BCUT2D eigenvalue weighted by atomic mass is 9.89. The third-order valence-corrected chi connectivity index (χ3v) is 7.17. The Kier molecular flexibility index (Phi) is 13.9. The van der Waals surface area contributed by atoms with Gasteiger partial charge < -0.3 is 24.6 Å². The van der Waals surface area contributed by atoms with Gasteiger partial charge in [-0.1, -0.05) is 39.3 Å². The van der Waals surface area contributed by atoms with Crippen molar-refractivity contribution in [2.24, 2.45) is 5.92 Å². The van der Waals surface area contributed by atoms with Gasteiger partial charge in [0.1, 0.15) is 11.5 Å². The van der Waals surface area contributed by atoms with Crippen LogP contribution in [0.4, 0.5) is 0 Å². The molecule has 200 valence electrons. The van der Waals surface area contributed by atoms with Gasteiger partial charge in [-0.2, -0.15) is 0 Å². The summed E-state index contributed by atoms with van der Waals surface area (Å²) in [7, 11) is 0. The topological polar surface area (TPSA) is 79.2 Å². The summed E-state index contributed by atoms with van der Waals surface area (Å²) in [5, 5.41) is 21.1. The lowest BCUT2D eigenvalue weighted by Crippen LogP contribution is -2.32. The fourth-order valence-corrected chi connectivity index (χ4v) is 4.74. The third-order valence-electron chi connectivity index (χ3n) is 7.17. The molecule has 1 saturated heterocycles. The van der Waals surface area contributed by atoms with E-state index >= 15 is 0 Å². The fraction of sp³-hybridized carbons (Fsp3) is 0.759. The predicted octanol–water partition coefficient (Wildman–Crippen LogP) is 5.31. The minimum absolute atomic E-state index is 0. The lowest BCUT2D eigenvalue weighted by molar-refractivity contribution is -0.121. The first-order valence-corrected chi connectivity index (χ1v) is 13.5. The summed E-state index contributed by atoms with van der Waals surface area (Å²) in [5.74, 6) is 0.829. The van der Waals surface area contributed by atoms with E-state index in [1.54, 1.807) is 0 Å². The van der Waals surface area contributed by atoms with Gasteiger partial charge in [-0.15, -0.1) is 0 Å². The zero-order valence-electron chi connectivity index (χ0n) is 21.0. The van der Waals surface area contributed by atoms with Gasteiger partial charge in [-0.25, -0.2) is 0 Å². The minimum Gasteiger partial charge on any atom is -0.494 e. The highest BCUT2D eigenvalue weighted by molar-refractivity contribution is 5.78. The van der Waals surface area contributed by atoms with Gasteiger partial charge in [-0.05, 0) is 62.6 Å². The molecular weight excluding hydrogens is 442 g/mol. The Morgan fingerprint density at radius 1 is 1.09 bits per heavy atom. The largest absolute Gasteiger partial charge is 0.494 e. The lowest BCUT2D eigenvalue weighted by Gasteiger charge is -2.27. The molecule has 0 bridgehead atoms. The summed E-state index contributed by atoms with van der Waals surface area (Å²) in [5.41, 5.74) is 0.813. The van der Waals surface area contributed by atoms with Crippen molar-refractivity contribution in [3.8, 4) is 5.75 Å². The van der Waals surface area contributed by atoms with Gasteiger partial charge in [0.05, 0.1) is 24.9 Å². The Morgan fingerprint density at radius 2 is 1.86 bits per heavy atom. The summed E-state index contributed by atoms with van der Waals surface area (Å²) in [6.07, 6.45) is 9.80. The molecule has 1 heterocycles. The maximum atomic E-state index is 12.8. The normalized spacial score (nSPS) is 20.1. The maximum absolute atomic E-state index is 12.8. The number of hydrogen-bond acceptors (Lipinski definition) is 6. The molecule has 2 aliphatic rings. The van der Waals surface area contributed by atoms with Gasteiger partial charge in [0.2, 0.25) is 0 Å². The summed E-state index contributed by atoms with van der Waals surface area (Å²) in [6.45, 7) is 5.67. The summed E-state index contributed by atoms with van der Waals surface area (Å²) < 4.78 is 11.5. The molecule has 2 fully saturated rings. The molecule has 0 unspecified atom stereocenters. The molecule has 2 N–H and O–H groups in total. The first-order chi connectivity index (χ1) is 16.5. The summed E-state index contributed by atoms with van der Waals surface area (Å²) >= 11 is 0. The number of Topliss-reactive ketones (excluding diaryl/α,β-unsaturated/α-hetero) is 1. The number of β-amino-alcohol motifs (C(OH)–C–C–N with tert-alkyl or cyclic N) is 1. The van der Waals surface area contributed by atoms with Crippen LogP contribution in [0.5, 0.6) is 5.75 Å². The van der Waals surface area contributed by atoms with E-state index in [9.17, 15) is 15.0 Å². The quantitative estimate of drug-likeness (QED) is 0.288. The average molecular weight is 492 g/mol. The van der Waals surface area contributed by atoms with E-state index in [4.69, 9.17) is 9.47 Å². The molecule has 1 saturated carbocycles. The van der Waals surface area contributed by atoms with Crippen LogP contribution in [-0.4, -0.2) is 66.0 Å². The summed E-state index contributed by atoms with van der Waals surface area (Å²) in [4.78, 5) is 15.0. The molecule has 6 heteroatoms. The van der Waals surface area contributed by atoms with Crippen LogP contribution < -0.4 is 4.74 Å². The van der Waals surface area contributed by atoms with Crippen molar-refractivity contribution >= 4 is 5.78 Å². The number of unbranched alkanes of at least 4 members (excludes halogenated alkanes) is 3. The van der Waals surface area contributed by atoms with Crippen LogP contribution in [-0.2, 0) is 9.53 Å². The second-order valence-corrected chi connectivity index (χ2v) is 10.2. The zero-order valence-corrected chi connectivity index (χ0v) is 21.0. The predicted molar refractivity (Wildman–Crippen MR) is 141 cm³/mol. The number of hydrogen-bond donors (Lipinski definition) is 2. The Balaban J connectivity index is 0.00000432. The van der Waals surface area contributed by atoms with Gasteiger partial charge in [0, 0.05) is 45.0 Å². The third kappa shape index (κ3) is 10.6. The molecule has 1 aliphatic carbocycles. The van der Waals surface area contributed by atoms with Crippen molar-refractivity contribution in [2.45, 2.75) is 103 Å². The number of aliphatic hydroxyl groups excluding tert-OH is 2. The number of nitrogens with zero attached hydrogens (tertiary/aromatic N) is 1. The number of rotatable bonds is 17. The van der Waals surface area contributed by atoms with Crippen LogP contribution >= 0.6 is 0 Å². The van der Waals surface area contributed by atoms with Crippen molar-refractivity contribution < 1.29 is 24.5 Å². The molecule has 0 aromatic heterocycles. The highest BCUT2D eigenvalue weighted by atomic mass is 16.5. The highest BCUT2D eigenvalue weighted by Crippen LogP contribution is 2.29. The molecule has 1 aliphatic heterocycles. The van der Waals surface area contributed by atoms with Crippen LogP contribution in [0.1, 0.15) is 96.6 Å². The van der Waals surface area contributed by atoms with Gasteiger partial charge >= 0.3 is 0 Å². The highest BCUT2D eigenvalue weighted by Gasteiger charge is 2.29. The van der Waals surface area contributed by atoms with Crippen molar-refractivity contribution in [2.75, 3.05) is 32.8 Å². The standard InChI is InChI=1S/C28H45NO5.CH4/c1-2-3-17-33-27-13-11-22(12-14-27)28(32)23(20-29-16-15-25(31)21-29)19-24(30)8-5-4-6-18-34-26-9-7-10-26;/h11-14,23,25-26,28,31-32H,2-10,15-21H2,1H3;1H4/t23-,25+,28-;/m1./s1. The zero-order chi connectivity index (χ0) is 24.2. The Morgan fingerprint density at radius 3 is 2.49 bits per heavy atom. The van der Waals surface area contributed by atoms with E-state index in [0.29, 0.717) is 38.6 Å². The average Bonchev–Trinajstić information content (AvgIpc) is 3.21. The number of aliphatic hydroxyl groups is 2. The Bertz CT molecular complexity index is 706. The van der Waals surface area contributed by atoms with Crippen LogP contribution in [0.15, 0.2) is 24.3 Å². The van der Waals surface area contributed by atoms with Crippen LogP contribution in [0.3, 0.4) is 0 Å². The molecular formula is C29H49NO5. The van der Waals surface area contributed by atoms with E-state index in [1.807, 2.05) is 24.3 Å². The molecule has 0 spiro atoms. The number of ketones is 1. The molecule has 1 aromatic carbocycles. The van der Waals surface area contributed by atoms with E-state index < -0.39 is 6.10 Å². The molecule has 3 atom stereocenters.